The molecular formula is C31H18N4. The first-order chi connectivity index (χ1) is 17.4. The van der Waals surface area contributed by atoms with Crippen molar-refractivity contribution in [1.29, 1.82) is 0 Å². The van der Waals surface area contributed by atoms with Crippen molar-refractivity contribution in [2.75, 3.05) is 0 Å². The molecule has 2 aliphatic rings. The molecule has 3 aromatic carbocycles. The Hall–Kier alpha value is -4.57. The minimum absolute atomic E-state index is 0.954. The smallest absolute Gasteiger partial charge is 0.147 e. The minimum atomic E-state index is 0.954. The molecule has 162 valence electrons. The van der Waals surface area contributed by atoms with Crippen LogP contribution in [0, 0.1) is 0 Å². The second kappa shape index (κ2) is 6.10. The first-order valence-electron chi connectivity index (χ1n) is 12.0. The molecule has 0 aliphatic heterocycles. The lowest BCUT2D eigenvalue weighted by molar-refractivity contribution is 1.23. The van der Waals surface area contributed by atoms with Gasteiger partial charge in [-0.1, -0.05) is 42.5 Å². The van der Waals surface area contributed by atoms with Crippen LogP contribution in [0.5, 0.6) is 0 Å². The van der Waals surface area contributed by atoms with Crippen LogP contribution >= 0.6 is 0 Å². The molecule has 0 atom stereocenters. The van der Waals surface area contributed by atoms with Crippen molar-refractivity contribution in [2.24, 2.45) is 0 Å². The van der Waals surface area contributed by atoms with E-state index in [2.05, 4.69) is 75.0 Å². The van der Waals surface area contributed by atoms with Crippen LogP contribution in [0.4, 0.5) is 0 Å². The standard InChI is InChI=1S/C31H18N4/c1-2-4-20-17(3-1)13-18-5-7-22-23(28(18)20)14-19-6-8-26-30(29(19)22)35-27-10-12-33-15-24(27)21-9-11-32-16-25(21)31(35)34-26/h1-12,15-16H,13-14H2. The van der Waals surface area contributed by atoms with E-state index < -0.39 is 0 Å². The number of nitrogens with zero attached hydrogens (tertiary/aromatic N) is 4. The Morgan fingerprint density at radius 1 is 0.629 bits per heavy atom. The number of fused-ring (bicyclic) bond motifs is 16. The van der Waals surface area contributed by atoms with Crippen LogP contribution in [-0.2, 0) is 12.8 Å². The van der Waals surface area contributed by atoms with Gasteiger partial charge in [0.2, 0.25) is 0 Å². The van der Waals surface area contributed by atoms with Gasteiger partial charge in [0.15, 0.2) is 0 Å². The summed E-state index contributed by atoms with van der Waals surface area (Å²) in [6, 6.07) is 22.2. The molecule has 0 saturated heterocycles. The molecule has 0 N–H and O–H groups in total. The van der Waals surface area contributed by atoms with Gasteiger partial charge in [0, 0.05) is 41.1 Å². The molecule has 9 rings (SSSR count). The lowest BCUT2D eigenvalue weighted by Crippen LogP contribution is -1.94. The predicted molar refractivity (Wildman–Crippen MR) is 140 cm³/mol. The second-order valence-electron chi connectivity index (χ2n) is 9.69. The fraction of sp³-hybridized carbons (Fsp3) is 0.0645. The van der Waals surface area contributed by atoms with Gasteiger partial charge in [-0.2, -0.15) is 0 Å². The van der Waals surface area contributed by atoms with Crippen LogP contribution in [0.1, 0.15) is 22.3 Å². The van der Waals surface area contributed by atoms with Gasteiger partial charge in [0.05, 0.1) is 16.6 Å². The lowest BCUT2D eigenvalue weighted by atomic mass is 9.95. The average molecular weight is 447 g/mol. The summed E-state index contributed by atoms with van der Waals surface area (Å²) < 4.78 is 2.34. The fourth-order valence-corrected chi connectivity index (χ4v) is 6.58. The molecule has 7 aromatic rings. The van der Waals surface area contributed by atoms with E-state index in [1.54, 1.807) is 0 Å². The van der Waals surface area contributed by atoms with Crippen LogP contribution < -0.4 is 0 Å². The van der Waals surface area contributed by atoms with Gasteiger partial charge in [0.1, 0.15) is 5.65 Å². The number of imidazole rings is 1. The molecule has 0 amide bonds. The number of rotatable bonds is 0. The molecule has 0 unspecified atom stereocenters. The highest BCUT2D eigenvalue weighted by Gasteiger charge is 2.30. The van der Waals surface area contributed by atoms with Crippen LogP contribution in [-0.4, -0.2) is 19.4 Å². The van der Waals surface area contributed by atoms with Gasteiger partial charge < -0.3 is 0 Å². The van der Waals surface area contributed by atoms with E-state index in [4.69, 9.17) is 4.98 Å². The van der Waals surface area contributed by atoms with Crippen LogP contribution in [0.2, 0.25) is 0 Å². The summed E-state index contributed by atoms with van der Waals surface area (Å²) in [4.78, 5) is 14.0. The summed E-state index contributed by atoms with van der Waals surface area (Å²) in [5.41, 5.74) is 15.5. The fourth-order valence-electron chi connectivity index (χ4n) is 6.58. The molecule has 2 aliphatic carbocycles. The van der Waals surface area contributed by atoms with E-state index in [0.29, 0.717) is 0 Å². The molecule has 4 heterocycles. The summed E-state index contributed by atoms with van der Waals surface area (Å²) in [6.45, 7) is 0. The summed E-state index contributed by atoms with van der Waals surface area (Å²) in [7, 11) is 0. The SMILES string of the molecule is c1ccc2c(c1)Cc1ccc3c(c1-2)Cc1ccc2nc4c5cnccc5c5cnccc5n4c2c1-3. The zero-order valence-corrected chi connectivity index (χ0v) is 18.8. The Bertz CT molecular complexity index is 2070. The van der Waals surface area contributed by atoms with E-state index in [1.165, 1.54) is 50.0 Å². The third-order valence-electron chi connectivity index (χ3n) is 8.00. The largest absolute Gasteiger partial charge is 0.291 e. The van der Waals surface area contributed by atoms with Gasteiger partial charge in [0.25, 0.3) is 0 Å². The molecular weight excluding hydrogens is 428 g/mol. The highest BCUT2D eigenvalue weighted by molar-refractivity contribution is 6.15. The Labute approximate surface area is 200 Å². The van der Waals surface area contributed by atoms with E-state index in [1.807, 2.05) is 24.8 Å². The predicted octanol–water partition coefficient (Wildman–Crippen LogP) is 6.73. The minimum Gasteiger partial charge on any atom is -0.291 e. The maximum absolute atomic E-state index is 5.15. The quantitative estimate of drug-likeness (QED) is 0.243. The number of hydrogen-bond acceptors (Lipinski definition) is 3. The first-order valence-corrected chi connectivity index (χ1v) is 12.0. The molecule has 0 bridgehead atoms. The monoisotopic (exact) mass is 446 g/mol. The second-order valence-corrected chi connectivity index (χ2v) is 9.69. The van der Waals surface area contributed by atoms with Crippen molar-refractivity contribution in [1.82, 2.24) is 19.4 Å². The van der Waals surface area contributed by atoms with Crippen molar-refractivity contribution in [3.8, 4) is 22.3 Å². The molecule has 0 spiro atoms. The van der Waals surface area contributed by atoms with Crippen molar-refractivity contribution < 1.29 is 0 Å². The summed E-state index contributed by atoms with van der Waals surface area (Å²) in [6.07, 6.45) is 9.60. The molecule has 35 heavy (non-hydrogen) atoms. The van der Waals surface area contributed by atoms with E-state index >= 15 is 0 Å². The Morgan fingerprint density at radius 2 is 1.46 bits per heavy atom. The van der Waals surface area contributed by atoms with Gasteiger partial charge >= 0.3 is 0 Å². The van der Waals surface area contributed by atoms with Crippen molar-refractivity contribution in [3.63, 3.8) is 0 Å². The lowest BCUT2D eigenvalue weighted by Gasteiger charge is -2.11. The zero-order chi connectivity index (χ0) is 22.7. The summed E-state index contributed by atoms with van der Waals surface area (Å²) in [5, 5.41) is 3.31. The van der Waals surface area contributed by atoms with Gasteiger partial charge in [-0.05, 0) is 75.4 Å². The van der Waals surface area contributed by atoms with Gasteiger partial charge in [-0.3, -0.25) is 14.4 Å². The zero-order valence-electron chi connectivity index (χ0n) is 18.8. The van der Waals surface area contributed by atoms with Crippen molar-refractivity contribution in [2.45, 2.75) is 12.8 Å². The van der Waals surface area contributed by atoms with E-state index in [9.17, 15) is 0 Å². The number of aromatic nitrogens is 4. The highest BCUT2D eigenvalue weighted by atomic mass is 15.0. The third kappa shape index (κ3) is 2.11. The summed E-state index contributed by atoms with van der Waals surface area (Å²) >= 11 is 0. The number of pyridine rings is 3. The molecule has 4 nitrogen and oxygen atoms in total. The van der Waals surface area contributed by atoms with Crippen molar-refractivity contribution in [3.05, 3.63) is 108 Å². The topological polar surface area (TPSA) is 43.1 Å². The molecule has 0 fully saturated rings. The van der Waals surface area contributed by atoms with Gasteiger partial charge in [-0.25, -0.2) is 4.98 Å². The maximum atomic E-state index is 5.15. The van der Waals surface area contributed by atoms with Crippen LogP contribution in [0.3, 0.4) is 0 Å². The van der Waals surface area contributed by atoms with Crippen LogP contribution in [0.25, 0.3) is 60.6 Å². The molecule has 4 heteroatoms. The van der Waals surface area contributed by atoms with Crippen LogP contribution in [0.15, 0.2) is 85.5 Å². The Morgan fingerprint density at radius 3 is 2.43 bits per heavy atom. The number of hydrogen-bond donors (Lipinski definition) is 0. The van der Waals surface area contributed by atoms with Gasteiger partial charge in [-0.15, -0.1) is 0 Å². The number of benzene rings is 3. The maximum Gasteiger partial charge on any atom is 0.147 e. The van der Waals surface area contributed by atoms with Crippen molar-refractivity contribution >= 4 is 38.4 Å². The third-order valence-corrected chi connectivity index (χ3v) is 8.00. The Balaban J connectivity index is 1.47. The Kier molecular flexibility index (Phi) is 3.11. The van der Waals surface area contributed by atoms with E-state index in [-0.39, 0.29) is 0 Å². The normalized spacial score (nSPS) is 13.5. The molecule has 0 saturated carbocycles. The molecule has 0 radical (unpaired) electrons. The first kappa shape index (κ1) is 17.8. The average Bonchev–Trinajstić information content (AvgIpc) is 3.59. The summed E-state index contributed by atoms with van der Waals surface area (Å²) in [5.74, 6) is 0. The van der Waals surface area contributed by atoms with E-state index in [0.717, 1.165) is 45.7 Å². The highest BCUT2D eigenvalue weighted by Crippen LogP contribution is 2.49. The molecule has 4 aromatic heterocycles.